The van der Waals surface area contributed by atoms with Crippen molar-refractivity contribution < 1.29 is 0 Å². The average Bonchev–Trinajstić information content (AvgIpc) is 3.05. The van der Waals surface area contributed by atoms with Crippen LogP contribution in [0.15, 0.2) is 30.5 Å². The van der Waals surface area contributed by atoms with Crippen LogP contribution in [-0.2, 0) is 0 Å². The molecule has 1 N–H and O–H groups in total. The molecule has 1 aromatic carbocycles. The van der Waals surface area contributed by atoms with Crippen LogP contribution in [-0.4, -0.2) is 9.97 Å². The van der Waals surface area contributed by atoms with Gasteiger partial charge in [-0.3, -0.25) is 4.98 Å². The Hall–Kier alpha value is -1.83. The van der Waals surface area contributed by atoms with Crippen LogP contribution in [0.5, 0.6) is 0 Å². The van der Waals surface area contributed by atoms with Crippen LogP contribution in [0, 0.1) is 6.92 Å². The molecule has 0 atom stereocenters. The Kier molecular flexibility index (Phi) is 1.68. The van der Waals surface area contributed by atoms with E-state index in [2.05, 4.69) is 36.2 Å². The number of H-pyrrole nitrogens is 1. The van der Waals surface area contributed by atoms with Gasteiger partial charge >= 0.3 is 0 Å². The molecule has 0 amide bonds. The van der Waals surface area contributed by atoms with Gasteiger partial charge < -0.3 is 4.98 Å². The van der Waals surface area contributed by atoms with Gasteiger partial charge in [-0.1, -0.05) is 12.1 Å². The molecular formula is C15H14N2. The van der Waals surface area contributed by atoms with Crippen molar-refractivity contribution in [1.29, 1.82) is 0 Å². The number of nitrogens with one attached hydrogen (secondary N) is 1. The van der Waals surface area contributed by atoms with E-state index in [1.165, 1.54) is 40.4 Å². The number of rotatable bonds is 1. The van der Waals surface area contributed by atoms with E-state index in [1.807, 2.05) is 6.20 Å². The molecular weight excluding hydrogens is 208 g/mol. The maximum absolute atomic E-state index is 4.87. The van der Waals surface area contributed by atoms with E-state index in [0.29, 0.717) is 5.92 Å². The van der Waals surface area contributed by atoms with Crippen molar-refractivity contribution in [1.82, 2.24) is 9.97 Å². The molecule has 84 valence electrons. The van der Waals surface area contributed by atoms with E-state index in [4.69, 9.17) is 4.98 Å². The van der Waals surface area contributed by atoms with Crippen molar-refractivity contribution in [2.45, 2.75) is 25.7 Å². The van der Waals surface area contributed by atoms with E-state index in [0.717, 1.165) is 5.52 Å². The van der Waals surface area contributed by atoms with Crippen LogP contribution in [0.4, 0.5) is 0 Å². The summed E-state index contributed by atoms with van der Waals surface area (Å²) in [5, 5.41) is 2.58. The highest BCUT2D eigenvalue weighted by atomic mass is 14.8. The minimum absolute atomic E-state index is 0.682. The maximum atomic E-state index is 4.87. The molecule has 0 spiro atoms. The number of hydrogen-bond donors (Lipinski definition) is 1. The van der Waals surface area contributed by atoms with Gasteiger partial charge in [-0.05, 0) is 37.5 Å². The van der Waals surface area contributed by atoms with Gasteiger partial charge in [-0.2, -0.15) is 0 Å². The predicted molar refractivity (Wildman–Crippen MR) is 70.3 cm³/mol. The van der Waals surface area contributed by atoms with Crippen LogP contribution >= 0.6 is 0 Å². The second-order valence-corrected chi connectivity index (χ2v) is 5.06. The van der Waals surface area contributed by atoms with Crippen LogP contribution in [0.3, 0.4) is 0 Å². The third-order valence-corrected chi connectivity index (χ3v) is 3.65. The zero-order chi connectivity index (χ0) is 11.4. The predicted octanol–water partition coefficient (Wildman–Crippen LogP) is 3.90. The summed E-state index contributed by atoms with van der Waals surface area (Å²) in [6.45, 7) is 2.12. The van der Waals surface area contributed by atoms with E-state index >= 15 is 0 Å². The maximum Gasteiger partial charge on any atom is 0.0715 e. The highest BCUT2D eigenvalue weighted by molar-refractivity contribution is 6.05. The van der Waals surface area contributed by atoms with Gasteiger partial charge in [0.05, 0.1) is 16.7 Å². The minimum Gasteiger partial charge on any atom is -0.360 e. The Balaban J connectivity index is 2.18. The first-order valence-electron chi connectivity index (χ1n) is 6.20. The number of nitrogens with zero attached hydrogens (tertiary/aromatic N) is 1. The highest BCUT2D eigenvalue weighted by Crippen LogP contribution is 2.43. The number of benzene rings is 1. The van der Waals surface area contributed by atoms with Gasteiger partial charge in [-0.15, -0.1) is 0 Å². The van der Waals surface area contributed by atoms with E-state index < -0.39 is 0 Å². The van der Waals surface area contributed by atoms with E-state index in [-0.39, 0.29) is 0 Å². The fraction of sp³-hybridized carbons (Fsp3) is 0.267. The molecule has 2 heterocycles. The fourth-order valence-corrected chi connectivity index (χ4v) is 2.61. The summed E-state index contributed by atoms with van der Waals surface area (Å²) in [6, 6.07) is 8.70. The molecule has 1 fully saturated rings. The van der Waals surface area contributed by atoms with Crippen molar-refractivity contribution in [3.8, 4) is 0 Å². The second-order valence-electron chi connectivity index (χ2n) is 5.06. The third kappa shape index (κ3) is 1.30. The fourth-order valence-electron chi connectivity index (χ4n) is 2.61. The molecule has 2 nitrogen and oxygen atoms in total. The molecule has 1 aliphatic carbocycles. The normalized spacial score (nSPS) is 15.8. The lowest BCUT2D eigenvalue weighted by atomic mass is 10.1. The summed E-state index contributed by atoms with van der Waals surface area (Å²) in [5.74, 6) is 0.682. The van der Waals surface area contributed by atoms with Gasteiger partial charge in [0, 0.05) is 22.9 Å². The Labute approximate surface area is 99.7 Å². The first kappa shape index (κ1) is 9.23. The Morgan fingerprint density at radius 1 is 1.18 bits per heavy atom. The van der Waals surface area contributed by atoms with Gasteiger partial charge in [0.15, 0.2) is 0 Å². The monoisotopic (exact) mass is 222 g/mol. The number of hydrogen-bond acceptors (Lipinski definition) is 1. The molecule has 0 unspecified atom stereocenters. The van der Waals surface area contributed by atoms with Gasteiger partial charge in [0.2, 0.25) is 0 Å². The minimum atomic E-state index is 0.682. The molecule has 3 aromatic rings. The Bertz CT molecular complexity index is 720. The van der Waals surface area contributed by atoms with Crippen molar-refractivity contribution in [2.75, 3.05) is 0 Å². The summed E-state index contributed by atoms with van der Waals surface area (Å²) in [7, 11) is 0. The van der Waals surface area contributed by atoms with Crippen LogP contribution in [0.25, 0.3) is 21.8 Å². The van der Waals surface area contributed by atoms with Crippen LogP contribution in [0.1, 0.15) is 30.0 Å². The molecule has 1 aliphatic rings. The summed E-state index contributed by atoms with van der Waals surface area (Å²) in [4.78, 5) is 8.22. The first-order valence-corrected chi connectivity index (χ1v) is 6.20. The smallest absolute Gasteiger partial charge is 0.0715 e. The van der Waals surface area contributed by atoms with Crippen molar-refractivity contribution >= 4 is 21.8 Å². The average molecular weight is 222 g/mol. The van der Waals surface area contributed by atoms with Gasteiger partial charge in [0.1, 0.15) is 0 Å². The lowest BCUT2D eigenvalue weighted by molar-refractivity contribution is 1.06. The lowest BCUT2D eigenvalue weighted by Gasteiger charge is -2.06. The molecule has 0 radical (unpaired) electrons. The van der Waals surface area contributed by atoms with Crippen molar-refractivity contribution in [3.63, 3.8) is 0 Å². The molecule has 2 aromatic heterocycles. The Morgan fingerprint density at radius 2 is 2.06 bits per heavy atom. The molecule has 1 saturated carbocycles. The molecule has 0 aliphatic heterocycles. The zero-order valence-corrected chi connectivity index (χ0v) is 9.83. The number of aromatic nitrogens is 2. The lowest BCUT2D eigenvalue weighted by Crippen LogP contribution is -1.91. The number of pyridine rings is 1. The summed E-state index contributed by atoms with van der Waals surface area (Å²) in [6.07, 6.45) is 4.61. The number of aromatic amines is 1. The quantitative estimate of drug-likeness (QED) is 0.664. The van der Waals surface area contributed by atoms with Crippen LogP contribution in [0.2, 0.25) is 0 Å². The summed E-state index contributed by atoms with van der Waals surface area (Å²) in [5.41, 5.74) is 4.92. The second kappa shape index (κ2) is 3.10. The van der Waals surface area contributed by atoms with Crippen molar-refractivity contribution in [2.24, 2.45) is 0 Å². The topological polar surface area (TPSA) is 28.7 Å². The Morgan fingerprint density at radius 3 is 2.88 bits per heavy atom. The van der Waals surface area contributed by atoms with Gasteiger partial charge in [0.25, 0.3) is 0 Å². The molecule has 0 saturated heterocycles. The molecule has 0 bridgehead atoms. The summed E-state index contributed by atoms with van der Waals surface area (Å²) >= 11 is 0. The number of fused-ring (bicyclic) bond motifs is 3. The first-order chi connectivity index (χ1) is 8.33. The van der Waals surface area contributed by atoms with E-state index in [1.54, 1.807) is 0 Å². The van der Waals surface area contributed by atoms with Crippen molar-refractivity contribution in [3.05, 3.63) is 41.7 Å². The van der Waals surface area contributed by atoms with Crippen LogP contribution < -0.4 is 0 Å². The molecule has 17 heavy (non-hydrogen) atoms. The highest BCUT2D eigenvalue weighted by Gasteiger charge is 2.28. The SMILES string of the molecule is Cc1ccc2c(c1)nc(C1CC1)c1[nH]ccc12. The third-order valence-electron chi connectivity index (χ3n) is 3.65. The van der Waals surface area contributed by atoms with E-state index in [9.17, 15) is 0 Å². The molecule has 2 heteroatoms. The summed E-state index contributed by atoms with van der Waals surface area (Å²) < 4.78 is 0. The standard InChI is InChI=1S/C15H14N2/c1-9-2-5-11-12-6-7-16-15(12)14(10-3-4-10)17-13(11)8-9/h2,5-8,10,16H,3-4H2,1H3. The molecule has 4 rings (SSSR count). The largest absolute Gasteiger partial charge is 0.360 e. The zero-order valence-electron chi connectivity index (χ0n) is 9.83. The number of aryl methyl sites for hydroxylation is 1. The van der Waals surface area contributed by atoms with Gasteiger partial charge in [-0.25, -0.2) is 0 Å².